The van der Waals surface area contributed by atoms with Crippen molar-refractivity contribution in [2.75, 3.05) is 19.8 Å². The highest BCUT2D eigenvalue weighted by Crippen LogP contribution is 2.31. The Bertz CT molecular complexity index is 631. The predicted molar refractivity (Wildman–Crippen MR) is 95.7 cm³/mol. The highest BCUT2D eigenvalue weighted by atomic mass is 35.5. The summed E-state index contributed by atoms with van der Waals surface area (Å²) in [6, 6.07) is 14.0. The maximum Gasteiger partial charge on any atom is 0.137 e. The van der Waals surface area contributed by atoms with Crippen LogP contribution >= 0.6 is 11.6 Å². The summed E-state index contributed by atoms with van der Waals surface area (Å²) in [7, 11) is 0. The van der Waals surface area contributed by atoms with Gasteiger partial charge in [0.1, 0.15) is 11.5 Å². The van der Waals surface area contributed by atoms with E-state index in [2.05, 4.69) is 6.07 Å². The molecule has 1 atom stereocenters. The second-order valence-electron chi connectivity index (χ2n) is 5.31. The topological polar surface area (TPSA) is 44.5 Å². The highest BCUT2D eigenvalue weighted by Gasteiger charge is 2.16. The van der Waals surface area contributed by atoms with Gasteiger partial charge in [-0.1, -0.05) is 35.9 Å². The minimum atomic E-state index is 0.187. The molecule has 0 aromatic heterocycles. The fourth-order valence-corrected chi connectivity index (χ4v) is 2.91. The molecule has 3 nitrogen and oxygen atoms in total. The Labute approximate surface area is 143 Å². The summed E-state index contributed by atoms with van der Waals surface area (Å²) in [6.07, 6.45) is 0.812. The van der Waals surface area contributed by atoms with Gasteiger partial charge in [-0.15, -0.1) is 0 Å². The van der Waals surface area contributed by atoms with Gasteiger partial charge >= 0.3 is 0 Å². The molecule has 4 heteroatoms. The van der Waals surface area contributed by atoms with Crippen LogP contribution in [0, 0.1) is 0 Å². The molecule has 2 aromatic carbocycles. The maximum atomic E-state index is 6.28. The van der Waals surface area contributed by atoms with Gasteiger partial charge in [-0.05, 0) is 56.1 Å². The van der Waals surface area contributed by atoms with E-state index >= 15 is 0 Å². The Hall–Kier alpha value is -1.71. The van der Waals surface area contributed by atoms with Gasteiger partial charge in [0, 0.05) is 5.92 Å². The lowest BCUT2D eigenvalue weighted by Crippen LogP contribution is -2.16. The lowest BCUT2D eigenvalue weighted by Gasteiger charge is -2.19. The number of rotatable bonds is 8. The monoisotopic (exact) mass is 333 g/mol. The highest BCUT2D eigenvalue weighted by molar-refractivity contribution is 6.32. The van der Waals surface area contributed by atoms with Crippen molar-refractivity contribution in [3.05, 3.63) is 58.6 Å². The molecule has 0 spiro atoms. The standard InChI is InChI=1S/C19H24ClNO2/c1-3-22-18-8-6-5-7-16(18)15(13-21)11-14-9-10-19(23-4-2)17(20)12-14/h5-10,12,15H,3-4,11,13,21H2,1-2H3. The predicted octanol–water partition coefficient (Wildman–Crippen LogP) is 4.42. The summed E-state index contributed by atoms with van der Waals surface area (Å²) in [5.41, 5.74) is 8.30. The van der Waals surface area contributed by atoms with Gasteiger partial charge in [-0.25, -0.2) is 0 Å². The second-order valence-corrected chi connectivity index (χ2v) is 5.71. The first-order valence-electron chi connectivity index (χ1n) is 8.02. The molecule has 23 heavy (non-hydrogen) atoms. The van der Waals surface area contributed by atoms with Gasteiger partial charge in [0.05, 0.1) is 18.2 Å². The molecule has 0 aliphatic heterocycles. The minimum absolute atomic E-state index is 0.187. The molecule has 0 aliphatic carbocycles. The summed E-state index contributed by atoms with van der Waals surface area (Å²) < 4.78 is 11.2. The van der Waals surface area contributed by atoms with Crippen LogP contribution in [0.25, 0.3) is 0 Å². The fraction of sp³-hybridized carbons (Fsp3) is 0.368. The van der Waals surface area contributed by atoms with Crippen molar-refractivity contribution in [3.63, 3.8) is 0 Å². The Morgan fingerprint density at radius 2 is 1.70 bits per heavy atom. The van der Waals surface area contributed by atoms with Crippen LogP contribution in [-0.4, -0.2) is 19.8 Å². The van der Waals surface area contributed by atoms with E-state index in [-0.39, 0.29) is 5.92 Å². The zero-order valence-corrected chi connectivity index (χ0v) is 14.5. The number of halogens is 1. The van der Waals surface area contributed by atoms with E-state index in [0.29, 0.717) is 24.8 Å². The first kappa shape index (κ1) is 17.6. The van der Waals surface area contributed by atoms with Gasteiger partial charge in [-0.2, -0.15) is 0 Å². The van der Waals surface area contributed by atoms with Crippen molar-refractivity contribution in [3.8, 4) is 11.5 Å². The molecule has 0 saturated heterocycles. The molecular formula is C19H24ClNO2. The van der Waals surface area contributed by atoms with Crippen molar-refractivity contribution in [1.82, 2.24) is 0 Å². The van der Waals surface area contributed by atoms with Crippen LogP contribution in [0.5, 0.6) is 11.5 Å². The van der Waals surface area contributed by atoms with E-state index < -0.39 is 0 Å². The van der Waals surface area contributed by atoms with Gasteiger partial charge in [-0.3, -0.25) is 0 Å². The number of ether oxygens (including phenoxy) is 2. The van der Waals surface area contributed by atoms with Crippen LogP contribution in [0.15, 0.2) is 42.5 Å². The Balaban J connectivity index is 2.21. The largest absolute Gasteiger partial charge is 0.494 e. The third kappa shape index (κ3) is 4.63. The van der Waals surface area contributed by atoms with Crippen molar-refractivity contribution < 1.29 is 9.47 Å². The van der Waals surface area contributed by atoms with Gasteiger partial charge < -0.3 is 15.2 Å². The second kappa shape index (κ2) is 8.80. The van der Waals surface area contributed by atoms with E-state index in [9.17, 15) is 0 Å². The number of para-hydroxylation sites is 1. The molecular weight excluding hydrogens is 310 g/mol. The Morgan fingerprint density at radius 1 is 1.00 bits per heavy atom. The zero-order valence-electron chi connectivity index (χ0n) is 13.7. The van der Waals surface area contributed by atoms with Crippen molar-refractivity contribution >= 4 is 11.6 Å². The molecule has 2 N–H and O–H groups in total. The maximum absolute atomic E-state index is 6.28. The normalized spacial score (nSPS) is 12.0. The van der Waals surface area contributed by atoms with E-state index in [1.165, 1.54) is 0 Å². The first-order valence-corrected chi connectivity index (χ1v) is 8.40. The minimum Gasteiger partial charge on any atom is -0.494 e. The van der Waals surface area contributed by atoms with Crippen LogP contribution in [0.2, 0.25) is 5.02 Å². The van der Waals surface area contributed by atoms with Crippen LogP contribution < -0.4 is 15.2 Å². The van der Waals surface area contributed by atoms with Crippen LogP contribution in [-0.2, 0) is 6.42 Å². The number of benzene rings is 2. The van der Waals surface area contributed by atoms with E-state index in [0.717, 1.165) is 29.0 Å². The fourth-order valence-electron chi connectivity index (χ4n) is 2.65. The van der Waals surface area contributed by atoms with Gasteiger partial charge in [0.2, 0.25) is 0 Å². The van der Waals surface area contributed by atoms with Crippen molar-refractivity contribution in [2.45, 2.75) is 26.2 Å². The van der Waals surface area contributed by atoms with Crippen LogP contribution in [0.1, 0.15) is 30.9 Å². The molecule has 0 saturated carbocycles. The lowest BCUT2D eigenvalue weighted by molar-refractivity contribution is 0.334. The Morgan fingerprint density at radius 3 is 2.35 bits per heavy atom. The molecule has 0 bridgehead atoms. The molecule has 1 unspecified atom stereocenters. The molecule has 0 amide bonds. The summed E-state index contributed by atoms with van der Waals surface area (Å²) in [5, 5.41) is 0.637. The average Bonchev–Trinajstić information content (AvgIpc) is 2.56. The molecule has 124 valence electrons. The third-order valence-electron chi connectivity index (χ3n) is 3.72. The molecule has 2 aromatic rings. The SMILES string of the molecule is CCOc1ccc(CC(CN)c2ccccc2OCC)cc1Cl. The summed E-state index contributed by atoms with van der Waals surface area (Å²) in [6.45, 7) is 5.73. The summed E-state index contributed by atoms with van der Waals surface area (Å²) in [4.78, 5) is 0. The third-order valence-corrected chi connectivity index (χ3v) is 4.02. The summed E-state index contributed by atoms with van der Waals surface area (Å²) >= 11 is 6.28. The van der Waals surface area contributed by atoms with E-state index in [4.69, 9.17) is 26.8 Å². The van der Waals surface area contributed by atoms with Crippen LogP contribution in [0.3, 0.4) is 0 Å². The smallest absolute Gasteiger partial charge is 0.137 e. The van der Waals surface area contributed by atoms with E-state index in [1.54, 1.807) is 0 Å². The Kier molecular flexibility index (Phi) is 6.75. The molecule has 2 rings (SSSR count). The first-order chi connectivity index (χ1) is 11.2. The van der Waals surface area contributed by atoms with Gasteiger partial charge in [0.15, 0.2) is 0 Å². The molecule has 0 radical (unpaired) electrons. The molecule has 0 fully saturated rings. The number of hydrogen-bond acceptors (Lipinski definition) is 3. The summed E-state index contributed by atoms with van der Waals surface area (Å²) in [5.74, 6) is 1.81. The van der Waals surface area contributed by atoms with E-state index in [1.807, 2.05) is 50.2 Å². The van der Waals surface area contributed by atoms with Crippen molar-refractivity contribution in [1.29, 1.82) is 0 Å². The molecule has 0 aliphatic rings. The quantitative estimate of drug-likeness (QED) is 0.777. The average molecular weight is 334 g/mol. The lowest BCUT2D eigenvalue weighted by atomic mass is 9.91. The number of hydrogen-bond donors (Lipinski definition) is 1. The molecule has 0 heterocycles. The zero-order chi connectivity index (χ0) is 16.7. The van der Waals surface area contributed by atoms with Gasteiger partial charge in [0.25, 0.3) is 0 Å². The number of nitrogens with two attached hydrogens (primary N) is 1. The van der Waals surface area contributed by atoms with Crippen LogP contribution in [0.4, 0.5) is 0 Å². The van der Waals surface area contributed by atoms with Crippen molar-refractivity contribution in [2.24, 2.45) is 5.73 Å².